The molecule has 5 aliphatic rings. The van der Waals surface area contributed by atoms with Crippen LogP contribution in [-0.4, -0.2) is 41.2 Å². The largest absolute Gasteiger partial charge is 0.393 e. The van der Waals surface area contributed by atoms with Crippen molar-refractivity contribution >= 4 is 11.7 Å². The molecule has 4 aliphatic carbocycles. The van der Waals surface area contributed by atoms with E-state index in [0.717, 1.165) is 50.8 Å². The highest BCUT2D eigenvalue weighted by Gasteiger charge is 2.63. The molecule has 2 N–H and O–H groups in total. The Hall–Kier alpha value is -1.76. The van der Waals surface area contributed by atoms with E-state index in [9.17, 15) is 18.7 Å². The van der Waals surface area contributed by atoms with Crippen molar-refractivity contribution in [2.45, 2.75) is 50.7 Å². The van der Waals surface area contributed by atoms with Crippen LogP contribution in [0, 0.1) is 34.8 Å². The van der Waals surface area contributed by atoms with Gasteiger partial charge in [-0.2, -0.15) is 0 Å². The number of piperidine rings is 1. The van der Waals surface area contributed by atoms with Crippen molar-refractivity contribution in [3.63, 3.8) is 0 Å². The van der Waals surface area contributed by atoms with Crippen molar-refractivity contribution < 1.29 is 18.7 Å². The number of carbonyl (C=O) groups is 1. The Morgan fingerprint density at radius 2 is 2.11 bits per heavy atom. The number of pyridine rings is 1. The van der Waals surface area contributed by atoms with Crippen LogP contribution < -0.4 is 10.2 Å². The summed E-state index contributed by atoms with van der Waals surface area (Å²) in [4.78, 5) is 18.8. The predicted molar refractivity (Wildman–Crippen MR) is 94.9 cm³/mol. The van der Waals surface area contributed by atoms with Gasteiger partial charge in [-0.1, -0.05) is 0 Å². The van der Waals surface area contributed by atoms with E-state index in [1.165, 1.54) is 0 Å². The predicted octanol–water partition coefficient (Wildman–Crippen LogP) is 2.24. The van der Waals surface area contributed by atoms with Gasteiger partial charge in [0.2, 0.25) is 5.91 Å². The van der Waals surface area contributed by atoms with Crippen LogP contribution in [0.2, 0.25) is 0 Å². The maximum absolute atomic E-state index is 14.1. The van der Waals surface area contributed by atoms with Crippen molar-refractivity contribution in [3.8, 4) is 0 Å². The van der Waals surface area contributed by atoms with Crippen LogP contribution in [0.5, 0.6) is 0 Å². The number of anilines is 1. The third-order valence-electron chi connectivity index (χ3n) is 7.39. The number of carbonyl (C=O) groups excluding carboxylic acids is 1. The molecule has 146 valence electrons. The van der Waals surface area contributed by atoms with Crippen molar-refractivity contribution in [2.24, 2.45) is 23.2 Å². The van der Waals surface area contributed by atoms with Gasteiger partial charge in [0, 0.05) is 25.2 Å². The quantitative estimate of drug-likeness (QED) is 0.848. The van der Waals surface area contributed by atoms with Crippen LogP contribution in [0.15, 0.2) is 12.3 Å². The molecule has 1 aromatic heterocycles. The van der Waals surface area contributed by atoms with Crippen LogP contribution in [0.4, 0.5) is 14.6 Å². The van der Waals surface area contributed by atoms with Gasteiger partial charge in [-0.15, -0.1) is 0 Å². The Morgan fingerprint density at radius 1 is 1.30 bits per heavy atom. The smallest absolute Gasteiger partial charge is 0.226 e. The lowest BCUT2D eigenvalue weighted by molar-refractivity contribution is -0.136. The Balaban J connectivity index is 1.27. The number of aliphatic hydroxyl groups is 1. The summed E-state index contributed by atoms with van der Waals surface area (Å²) in [5.74, 6) is -0.0533. The Bertz CT molecular complexity index is 772. The normalized spacial score (nSPS) is 39.8. The highest BCUT2D eigenvalue weighted by Crippen LogP contribution is 2.64. The molecule has 0 spiro atoms. The van der Waals surface area contributed by atoms with Crippen LogP contribution in [0.1, 0.15) is 38.5 Å². The zero-order valence-electron chi connectivity index (χ0n) is 15.2. The number of nitrogens with zero attached hydrogens (tertiary/aromatic N) is 2. The second-order valence-corrected chi connectivity index (χ2v) is 9.02. The van der Waals surface area contributed by atoms with E-state index in [1.807, 2.05) is 0 Å². The van der Waals surface area contributed by atoms with Gasteiger partial charge in [-0.05, 0) is 56.3 Å². The molecule has 1 aliphatic heterocycles. The van der Waals surface area contributed by atoms with Gasteiger partial charge in [0.05, 0.1) is 17.7 Å². The molecule has 5 fully saturated rings. The molecular formula is C20H25F2N3O2. The fourth-order valence-corrected chi connectivity index (χ4v) is 6.31. The molecule has 7 heteroatoms. The van der Waals surface area contributed by atoms with Gasteiger partial charge in [0.15, 0.2) is 11.6 Å². The number of hydrogen-bond donors (Lipinski definition) is 2. The maximum Gasteiger partial charge on any atom is 0.226 e. The summed E-state index contributed by atoms with van der Waals surface area (Å²) in [6.07, 6.45) is 6.01. The van der Waals surface area contributed by atoms with E-state index in [0.29, 0.717) is 19.0 Å². The molecule has 6 rings (SSSR count). The first-order chi connectivity index (χ1) is 12.9. The van der Waals surface area contributed by atoms with Crippen molar-refractivity contribution in [1.29, 1.82) is 0 Å². The van der Waals surface area contributed by atoms with Gasteiger partial charge < -0.3 is 15.3 Å². The van der Waals surface area contributed by atoms with Crippen molar-refractivity contribution in [2.75, 3.05) is 18.0 Å². The lowest BCUT2D eigenvalue weighted by Crippen LogP contribution is -2.53. The summed E-state index contributed by atoms with van der Waals surface area (Å²) < 4.78 is 27.2. The van der Waals surface area contributed by atoms with Gasteiger partial charge >= 0.3 is 0 Å². The first-order valence-electron chi connectivity index (χ1n) is 10.0. The zero-order chi connectivity index (χ0) is 18.8. The zero-order valence-corrected chi connectivity index (χ0v) is 15.2. The molecular weight excluding hydrogens is 352 g/mol. The highest BCUT2D eigenvalue weighted by atomic mass is 19.1. The van der Waals surface area contributed by atoms with E-state index < -0.39 is 11.6 Å². The first-order valence-corrected chi connectivity index (χ1v) is 10.0. The number of nitrogens with one attached hydrogen (secondary N) is 1. The lowest BCUT2D eigenvalue weighted by atomic mass is 9.68. The Kier molecular flexibility index (Phi) is 3.93. The van der Waals surface area contributed by atoms with E-state index >= 15 is 0 Å². The summed E-state index contributed by atoms with van der Waals surface area (Å²) in [6.45, 7) is 1.13. The maximum atomic E-state index is 14.1. The van der Waals surface area contributed by atoms with Gasteiger partial charge in [-0.25, -0.2) is 13.8 Å². The van der Waals surface area contributed by atoms with E-state index in [-0.39, 0.29) is 41.1 Å². The van der Waals surface area contributed by atoms with Gasteiger partial charge in [-0.3, -0.25) is 4.79 Å². The minimum absolute atomic E-state index is 0.0610. The molecule has 1 saturated heterocycles. The van der Waals surface area contributed by atoms with E-state index in [1.54, 1.807) is 4.90 Å². The van der Waals surface area contributed by atoms with E-state index in [4.69, 9.17) is 0 Å². The van der Waals surface area contributed by atoms with Crippen LogP contribution in [0.3, 0.4) is 0 Å². The minimum atomic E-state index is -0.689. The number of aliphatic hydroxyl groups excluding tert-OH is 1. The second-order valence-electron chi connectivity index (χ2n) is 9.02. The summed E-state index contributed by atoms with van der Waals surface area (Å²) in [5, 5.41) is 13.5. The SMILES string of the molecule is O=C(N[C@H]1CCCN(c2ncc(F)cc2F)C1)C12CC3CC(C1)C(C2)C3O. The second kappa shape index (κ2) is 6.12. The van der Waals surface area contributed by atoms with Crippen LogP contribution in [0.25, 0.3) is 0 Å². The molecule has 6 atom stereocenters. The summed E-state index contributed by atoms with van der Waals surface area (Å²) in [6, 6.07) is 0.788. The third-order valence-corrected chi connectivity index (χ3v) is 7.39. The summed E-state index contributed by atoms with van der Waals surface area (Å²) in [5.41, 5.74) is -0.320. The average molecular weight is 377 g/mol. The van der Waals surface area contributed by atoms with Gasteiger partial charge in [0.25, 0.3) is 0 Å². The number of hydrogen-bond acceptors (Lipinski definition) is 4. The Morgan fingerprint density at radius 3 is 2.85 bits per heavy atom. The number of halogens is 2. The highest BCUT2D eigenvalue weighted by molar-refractivity contribution is 5.84. The third kappa shape index (κ3) is 2.73. The molecule has 5 nitrogen and oxygen atoms in total. The number of amides is 1. The van der Waals surface area contributed by atoms with Crippen LogP contribution in [-0.2, 0) is 4.79 Å². The molecule has 4 bridgehead atoms. The van der Waals surface area contributed by atoms with Crippen molar-refractivity contribution in [3.05, 3.63) is 23.9 Å². The standard InChI is InChI=1S/C20H25F2N3O2/c21-13-5-16(22)18(23-9-13)25-3-1-2-14(10-25)24-19(27)20-6-11-4-12(7-20)17(26)15(11)8-20/h5,9,11-12,14-15,17,26H,1-4,6-8,10H2,(H,24,27)/t11?,12?,14-,15?,17?,20?/m0/s1. The molecule has 4 saturated carbocycles. The molecule has 5 unspecified atom stereocenters. The summed E-state index contributed by atoms with van der Waals surface area (Å²) >= 11 is 0. The molecule has 1 aromatic rings. The number of rotatable bonds is 3. The lowest BCUT2D eigenvalue weighted by Gasteiger charge is -2.41. The molecule has 1 amide bonds. The average Bonchev–Trinajstić information content (AvgIpc) is 3.03. The molecule has 2 heterocycles. The minimum Gasteiger partial charge on any atom is -0.393 e. The van der Waals surface area contributed by atoms with Crippen molar-refractivity contribution in [1.82, 2.24) is 10.3 Å². The monoisotopic (exact) mass is 377 g/mol. The first kappa shape index (κ1) is 17.3. The number of aromatic nitrogens is 1. The van der Waals surface area contributed by atoms with E-state index in [2.05, 4.69) is 10.3 Å². The summed E-state index contributed by atoms with van der Waals surface area (Å²) in [7, 11) is 0. The van der Waals surface area contributed by atoms with Gasteiger partial charge in [0.1, 0.15) is 5.82 Å². The molecule has 0 radical (unpaired) electrons. The fourth-order valence-electron chi connectivity index (χ4n) is 6.31. The molecule has 27 heavy (non-hydrogen) atoms. The fraction of sp³-hybridized carbons (Fsp3) is 0.700. The molecule has 0 aromatic carbocycles. The Labute approximate surface area is 157 Å². The topological polar surface area (TPSA) is 65.5 Å². The van der Waals surface area contributed by atoms with Crippen LogP contribution >= 0.6 is 0 Å².